The normalized spacial score (nSPS) is 10.5. The maximum atomic E-state index is 11.5. The van der Waals surface area contributed by atoms with Gasteiger partial charge >= 0.3 is 10.9 Å². The van der Waals surface area contributed by atoms with Crippen LogP contribution < -0.4 is 4.40 Å². The summed E-state index contributed by atoms with van der Waals surface area (Å²) in [6.07, 6.45) is 3.73. The van der Waals surface area contributed by atoms with Crippen LogP contribution in [0.4, 0.5) is 0 Å². The van der Waals surface area contributed by atoms with E-state index in [4.69, 9.17) is 4.74 Å². The van der Waals surface area contributed by atoms with E-state index in [1.807, 2.05) is 17.8 Å². The number of thiazole rings is 1. The molecule has 0 atom stereocenters. The molecule has 2 aromatic heterocycles. The first kappa shape index (κ1) is 10.4. The molecular formula is C9H9N2O2S2+. The Balaban J connectivity index is 2.68. The molecule has 0 saturated carbocycles. The van der Waals surface area contributed by atoms with Crippen molar-refractivity contribution in [1.29, 1.82) is 0 Å². The van der Waals surface area contributed by atoms with Crippen molar-refractivity contribution < 1.29 is 13.9 Å². The Kier molecular flexibility index (Phi) is 2.88. The fourth-order valence-electron chi connectivity index (χ4n) is 1.22. The lowest BCUT2D eigenvalue weighted by atomic mass is 10.4. The Morgan fingerprint density at radius 3 is 3.13 bits per heavy atom. The minimum absolute atomic E-state index is 0.346. The number of rotatable bonds is 2. The van der Waals surface area contributed by atoms with Crippen LogP contribution in [0.25, 0.3) is 4.96 Å². The van der Waals surface area contributed by atoms with Gasteiger partial charge in [0, 0.05) is 5.38 Å². The standard InChI is InChI=1S/C9H9N2O2S2/c1-13-8(12)6-5-7(14-2)10-9-11(6)3-4-15-9/h3-5H,1-2H3/q+1. The maximum Gasteiger partial charge on any atom is 0.388 e. The molecular weight excluding hydrogens is 232 g/mol. The van der Waals surface area contributed by atoms with Gasteiger partial charge in [-0.3, -0.25) is 0 Å². The Hall–Kier alpha value is -1.14. The van der Waals surface area contributed by atoms with E-state index in [1.165, 1.54) is 30.2 Å². The van der Waals surface area contributed by atoms with Crippen LogP contribution >= 0.6 is 23.1 Å². The molecule has 0 aliphatic heterocycles. The second-order valence-corrected chi connectivity index (χ2v) is 4.43. The van der Waals surface area contributed by atoms with Crippen molar-refractivity contribution in [3.8, 4) is 0 Å². The number of ether oxygens (including phenoxy) is 1. The SMILES string of the molecule is COC(=O)c1cc(SC)nc2scc[n+]12. The van der Waals surface area contributed by atoms with Gasteiger partial charge in [-0.1, -0.05) is 23.1 Å². The number of nitrogens with zero attached hydrogens (tertiary/aromatic N) is 2. The number of hydrogen-bond donors (Lipinski definition) is 0. The highest BCUT2D eigenvalue weighted by molar-refractivity contribution is 7.98. The maximum absolute atomic E-state index is 11.5. The van der Waals surface area contributed by atoms with Crippen molar-refractivity contribution >= 4 is 34.0 Å². The number of esters is 1. The Labute approximate surface area is 94.9 Å². The third-order valence-corrected chi connectivity index (χ3v) is 3.30. The minimum Gasteiger partial charge on any atom is -0.463 e. The summed E-state index contributed by atoms with van der Waals surface area (Å²) < 4.78 is 6.45. The first-order chi connectivity index (χ1) is 7.26. The molecule has 15 heavy (non-hydrogen) atoms. The molecule has 2 aromatic rings. The topological polar surface area (TPSA) is 43.3 Å². The van der Waals surface area contributed by atoms with Gasteiger partial charge in [0.1, 0.15) is 6.20 Å². The van der Waals surface area contributed by atoms with E-state index in [0.29, 0.717) is 5.69 Å². The number of carbonyl (C=O) groups is 1. The molecule has 0 radical (unpaired) electrons. The quantitative estimate of drug-likeness (QED) is 0.345. The van der Waals surface area contributed by atoms with Crippen LogP contribution in [0.5, 0.6) is 0 Å². The van der Waals surface area contributed by atoms with Crippen LogP contribution in [-0.2, 0) is 4.74 Å². The molecule has 0 aromatic carbocycles. The number of thioether (sulfide) groups is 1. The highest BCUT2D eigenvalue weighted by Crippen LogP contribution is 2.15. The van der Waals surface area contributed by atoms with Crippen molar-refractivity contribution in [1.82, 2.24) is 4.98 Å². The summed E-state index contributed by atoms with van der Waals surface area (Å²) in [6, 6.07) is 1.73. The summed E-state index contributed by atoms with van der Waals surface area (Å²) >= 11 is 2.99. The number of hydrogen-bond acceptors (Lipinski definition) is 5. The zero-order valence-electron chi connectivity index (χ0n) is 8.26. The number of methoxy groups -OCH3 is 1. The average molecular weight is 241 g/mol. The Morgan fingerprint density at radius 1 is 1.67 bits per heavy atom. The fourth-order valence-corrected chi connectivity index (χ4v) is 2.41. The zero-order valence-corrected chi connectivity index (χ0v) is 9.89. The molecule has 0 aliphatic rings. The summed E-state index contributed by atoms with van der Waals surface area (Å²) in [5.74, 6) is -0.346. The lowest BCUT2D eigenvalue weighted by Gasteiger charge is -1.97. The van der Waals surface area contributed by atoms with E-state index in [9.17, 15) is 4.79 Å². The number of aromatic nitrogens is 2. The smallest absolute Gasteiger partial charge is 0.388 e. The fraction of sp³-hybridized carbons (Fsp3) is 0.222. The molecule has 0 bridgehead atoms. The predicted molar refractivity (Wildman–Crippen MR) is 58.4 cm³/mol. The van der Waals surface area contributed by atoms with Crippen molar-refractivity contribution in [2.24, 2.45) is 0 Å². The molecule has 0 unspecified atom stereocenters. The molecule has 0 aliphatic carbocycles. The molecule has 78 valence electrons. The lowest BCUT2D eigenvalue weighted by Crippen LogP contribution is -2.29. The van der Waals surface area contributed by atoms with Crippen molar-refractivity contribution in [3.05, 3.63) is 23.3 Å². The van der Waals surface area contributed by atoms with Crippen LogP contribution in [0.3, 0.4) is 0 Å². The first-order valence-electron chi connectivity index (χ1n) is 4.18. The summed E-state index contributed by atoms with van der Waals surface area (Å²) in [7, 11) is 1.38. The van der Waals surface area contributed by atoms with Gasteiger partial charge in [0.05, 0.1) is 13.2 Å². The average Bonchev–Trinajstić information content (AvgIpc) is 2.74. The van der Waals surface area contributed by atoms with Crippen LogP contribution in [0.15, 0.2) is 22.7 Å². The van der Waals surface area contributed by atoms with Crippen LogP contribution in [0.2, 0.25) is 0 Å². The molecule has 2 heterocycles. The predicted octanol–water partition coefficient (Wildman–Crippen LogP) is 1.39. The molecule has 0 amide bonds. The zero-order chi connectivity index (χ0) is 10.8. The van der Waals surface area contributed by atoms with E-state index in [-0.39, 0.29) is 5.97 Å². The van der Waals surface area contributed by atoms with Crippen LogP contribution in [0, 0.1) is 0 Å². The second-order valence-electron chi connectivity index (χ2n) is 2.73. The van der Waals surface area contributed by atoms with Crippen LogP contribution in [0.1, 0.15) is 10.5 Å². The van der Waals surface area contributed by atoms with Gasteiger partial charge in [-0.2, -0.15) is 4.40 Å². The Morgan fingerprint density at radius 2 is 2.47 bits per heavy atom. The van der Waals surface area contributed by atoms with Crippen LogP contribution in [-0.4, -0.2) is 24.3 Å². The van der Waals surface area contributed by atoms with E-state index in [1.54, 1.807) is 10.5 Å². The lowest BCUT2D eigenvalue weighted by molar-refractivity contribution is -0.514. The molecule has 0 fully saturated rings. The molecule has 6 heteroatoms. The second kappa shape index (κ2) is 4.16. The van der Waals surface area contributed by atoms with Gasteiger partial charge in [0.25, 0.3) is 0 Å². The molecule has 0 spiro atoms. The minimum atomic E-state index is -0.346. The Bertz CT molecular complexity index is 510. The van der Waals surface area contributed by atoms with Gasteiger partial charge < -0.3 is 4.74 Å². The van der Waals surface area contributed by atoms with E-state index in [2.05, 4.69) is 4.98 Å². The summed E-state index contributed by atoms with van der Waals surface area (Å²) in [5, 5.41) is 2.71. The first-order valence-corrected chi connectivity index (χ1v) is 6.29. The summed E-state index contributed by atoms with van der Waals surface area (Å²) in [5.41, 5.74) is 0.508. The summed E-state index contributed by atoms with van der Waals surface area (Å²) in [6.45, 7) is 0. The van der Waals surface area contributed by atoms with Crippen molar-refractivity contribution in [2.75, 3.05) is 13.4 Å². The highest BCUT2D eigenvalue weighted by atomic mass is 32.2. The van der Waals surface area contributed by atoms with E-state index < -0.39 is 0 Å². The third kappa shape index (κ3) is 1.82. The van der Waals surface area contributed by atoms with Gasteiger partial charge in [-0.25, -0.2) is 4.79 Å². The highest BCUT2D eigenvalue weighted by Gasteiger charge is 2.20. The van der Waals surface area contributed by atoms with Gasteiger partial charge in [0.15, 0.2) is 0 Å². The van der Waals surface area contributed by atoms with Crippen molar-refractivity contribution in [2.45, 2.75) is 5.03 Å². The van der Waals surface area contributed by atoms with Crippen molar-refractivity contribution in [3.63, 3.8) is 0 Å². The van der Waals surface area contributed by atoms with E-state index in [0.717, 1.165) is 9.99 Å². The van der Waals surface area contributed by atoms with Gasteiger partial charge in [-0.15, -0.1) is 0 Å². The number of carbonyl (C=O) groups excluding carboxylic acids is 1. The van der Waals surface area contributed by atoms with Gasteiger partial charge in [-0.05, 0) is 11.2 Å². The van der Waals surface area contributed by atoms with E-state index >= 15 is 0 Å². The third-order valence-electron chi connectivity index (χ3n) is 1.92. The monoisotopic (exact) mass is 241 g/mol. The summed E-state index contributed by atoms with van der Waals surface area (Å²) in [4.78, 5) is 16.7. The molecule has 4 nitrogen and oxygen atoms in total. The number of fused-ring (bicyclic) bond motifs is 1. The molecule has 0 saturated heterocycles. The molecule has 2 rings (SSSR count). The van der Waals surface area contributed by atoms with Gasteiger partial charge in [0.2, 0.25) is 10.7 Å². The largest absolute Gasteiger partial charge is 0.463 e. The molecule has 0 N–H and O–H groups in total.